The molecule has 0 bridgehead atoms. The average Bonchev–Trinajstić information content (AvgIpc) is 2.66. The van der Waals surface area contributed by atoms with E-state index in [4.69, 9.17) is 5.26 Å². The van der Waals surface area contributed by atoms with Gasteiger partial charge < -0.3 is 9.88 Å². The summed E-state index contributed by atoms with van der Waals surface area (Å²) < 4.78 is 0. The summed E-state index contributed by atoms with van der Waals surface area (Å²) >= 11 is 0. The molecule has 1 aromatic heterocycles. The van der Waals surface area contributed by atoms with Crippen LogP contribution in [0.1, 0.15) is 13.3 Å². The number of anilines is 1. The third-order valence-electron chi connectivity index (χ3n) is 2.19. The van der Waals surface area contributed by atoms with E-state index >= 15 is 0 Å². The van der Waals surface area contributed by atoms with E-state index in [1.807, 2.05) is 32.4 Å². The van der Waals surface area contributed by atoms with E-state index in [-0.39, 0.29) is 5.92 Å². The molecule has 3 heteroatoms. The normalized spacial score (nSPS) is 12.1. The minimum absolute atomic E-state index is 0.125. The van der Waals surface area contributed by atoms with Crippen LogP contribution >= 0.6 is 0 Å². The van der Waals surface area contributed by atoms with Crippen molar-refractivity contribution in [1.29, 1.82) is 5.26 Å². The summed E-state index contributed by atoms with van der Waals surface area (Å²) in [5.74, 6) is 0.125. The zero-order valence-corrected chi connectivity index (χ0v) is 8.12. The number of aromatic amines is 1. The molecule has 3 nitrogen and oxygen atoms in total. The summed E-state index contributed by atoms with van der Waals surface area (Å²) in [7, 11) is 2.00. The lowest BCUT2D eigenvalue weighted by atomic mass is 10.1. The van der Waals surface area contributed by atoms with Gasteiger partial charge in [-0.05, 0) is 12.5 Å². The van der Waals surface area contributed by atoms with Crippen LogP contribution in [0.25, 0.3) is 0 Å². The number of H-pyrrole nitrogens is 1. The first-order valence-corrected chi connectivity index (χ1v) is 4.51. The first-order chi connectivity index (χ1) is 6.27. The quantitative estimate of drug-likeness (QED) is 0.764. The number of nitrogens with one attached hydrogen (secondary N) is 1. The van der Waals surface area contributed by atoms with Crippen LogP contribution in [0.4, 0.5) is 5.69 Å². The van der Waals surface area contributed by atoms with E-state index in [2.05, 4.69) is 16.0 Å². The molecule has 1 aromatic rings. The lowest BCUT2D eigenvalue weighted by Gasteiger charge is -2.19. The molecular weight excluding hydrogens is 162 g/mol. The number of rotatable bonds is 4. The molecule has 1 atom stereocenters. The van der Waals surface area contributed by atoms with Gasteiger partial charge in [-0.2, -0.15) is 5.26 Å². The van der Waals surface area contributed by atoms with Crippen molar-refractivity contribution in [2.24, 2.45) is 5.92 Å². The number of aromatic nitrogens is 1. The van der Waals surface area contributed by atoms with E-state index in [1.165, 1.54) is 0 Å². The van der Waals surface area contributed by atoms with Gasteiger partial charge in [-0.3, -0.25) is 0 Å². The van der Waals surface area contributed by atoms with Crippen LogP contribution in [-0.2, 0) is 0 Å². The summed E-state index contributed by atoms with van der Waals surface area (Å²) in [6, 6.07) is 4.30. The fourth-order valence-corrected chi connectivity index (χ4v) is 1.25. The minimum atomic E-state index is 0.125. The van der Waals surface area contributed by atoms with Crippen molar-refractivity contribution in [3.63, 3.8) is 0 Å². The maximum atomic E-state index is 8.79. The van der Waals surface area contributed by atoms with Gasteiger partial charge in [-0.25, -0.2) is 0 Å². The number of hydrogen-bond donors (Lipinski definition) is 1. The Balaban J connectivity index is 2.51. The van der Waals surface area contributed by atoms with Crippen molar-refractivity contribution in [1.82, 2.24) is 4.98 Å². The highest BCUT2D eigenvalue weighted by Gasteiger charge is 2.08. The van der Waals surface area contributed by atoms with Gasteiger partial charge in [-0.15, -0.1) is 0 Å². The molecule has 1 N–H and O–H groups in total. The fourth-order valence-electron chi connectivity index (χ4n) is 1.25. The molecule has 0 aliphatic carbocycles. The molecule has 1 rings (SSSR count). The van der Waals surface area contributed by atoms with Crippen molar-refractivity contribution < 1.29 is 0 Å². The summed E-state index contributed by atoms with van der Waals surface area (Å²) in [6.45, 7) is 2.84. The second kappa shape index (κ2) is 4.56. The summed E-state index contributed by atoms with van der Waals surface area (Å²) in [5.41, 5.74) is 1.13. The molecule has 0 aromatic carbocycles. The summed E-state index contributed by atoms with van der Waals surface area (Å²) in [4.78, 5) is 5.09. The molecule has 0 aliphatic heterocycles. The molecule has 0 aliphatic rings. The van der Waals surface area contributed by atoms with Gasteiger partial charge in [0, 0.05) is 26.0 Å². The van der Waals surface area contributed by atoms with Gasteiger partial charge >= 0.3 is 0 Å². The Labute approximate surface area is 79.0 Å². The van der Waals surface area contributed by atoms with E-state index in [0.717, 1.165) is 18.7 Å². The van der Waals surface area contributed by atoms with Crippen molar-refractivity contribution in [2.75, 3.05) is 18.5 Å². The second-order valence-corrected chi connectivity index (χ2v) is 3.18. The predicted molar refractivity (Wildman–Crippen MR) is 53.5 cm³/mol. The standard InChI is InChI=1S/C10H15N3/c1-3-9(6-11)8-13(2)10-4-5-12-7-10/h4-5,7,9,12H,3,8H2,1-2H3. The Morgan fingerprint density at radius 3 is 2.92 bits per heavy atom. The van der Waals surface area contributed by atoms with Crippen LogP contribution in [0, 0.1) is 17.2 Å². The molecule has 70 valence electrons. The number of hydrogen-bond acceptors (Lipinski definition) is 2. The lowest BCUT2D eigenvalue weighted by molar-refractivity contribution is 0.631. The highest BCUT2D eigenvalue weighted by molar-refractivity contribution is 5.43. The SMILES string of the molecule is CCC(C#N)CN(C)c1cc[nH]c1. The zero-order chi connectivity index (χ0) is 9.68. The molecule has 13 heavy (non-hydrogen) atoms. The van der Waals surface area contributed by atoms with Gasteiger partial charge in [0.15, 0.2) is 0 Å². The Kier molecular flexibility index (Phi) is 3.39. The van der Waals surface area contributed by atoms with Gasteiger partial charge in [0.2, 0.25) is 0 Å². The highest BCUT2D eigenvalue weighted by Crippen LogP contribution is 2.13. The zero-order valence-electron chi connectivity index (χ0n) is 8.12. The smallest absolute Gasteiger partial charge is 0.0674 e. The van der Waals surface area contributed by atoms with Crippen LogP contribution in [0.3, 0.4) is 0 Å². The van der Waals surface area contributed by atoms with E-state index < -0.39 is 0 Å². The Hall–Kier alpha value is -1.43. The topological polar surface area (TPSA) is 42.8 Å². The van der Waals surface area contributed by atoms with Crippen molar-refractivity contribution in [2.45, 2.75) is 13.3 Å². The third-order valence-corrected chi connectivity index (χ3v) is 2.19. The third kappa shape index (κ3) is 2.51. The molecule has 1 unspecified atom stereocenters. The molecule has 0 saturated heterocycles. The van der Waals surface area contributed by atoms with Crippen LogP contribution in [-0.4, -0.2) is 18.6 Å². The van der Waals surface area contributed by atoms with Gasteiger partial charge in [0.1, 0.15) is 0 Å². The Bertz CT molecular complexity index is 271. The minimum Gasteiger partial charge on any atom is -0.372 e. The maximum Gasteiger partial charge on any atom is 0.0674 e. The molecule has 0 saturated carbocycles. The summed E-state index contributed by atoms with van der Waals surface area (Å²) in [6.07, 6.45) is 4.73. The van der Waals surface area contributed by atoms with Crippen molar-refractivity contribution in [3.8, 4) is 6.07 Å². The first kappa shape index (κ1) is 9.66. The van der Waals surface area contributed by atoms with Crippen molar-refractivity contribution in [3.05, 3.63) is 18.5 Å². The van der Waals surface area contributed by atoms with Crippen molar-refractivity contribution >= 4 is 5.69 Å². The number of nitriles is 1. The van der Waals surface area contributed by atoms with E-state index in [1.54, 1.807) is 0 Å². The van der Waals surface area contributed by atoms with Crippen LogP contribution in [0.15, 0.2) is 18.5 Å². The average molecular weight is 177 g/mol. The van der Waals surface area contributed by atoms with E-state index in [0.29, 0.717) is 0 Å². The molecule has 0 fully saturated rings. The largest absolute Gasteiger partial charge is 0.372 e. The Morgan fingerprint density at radius 1 is 1.69 bits per heavy atom. The van der Waals surface area contributed by atoms with Gasteiger partial charge in [0.25, 0.3) is 0 Å². The van der Waals surface area contributed by atoms with Crippen LogP contribution in [0.5, 0.6) is 0 Å². The van der Waals surface area contributed by atoms with Gasteiger partial charge in [0.05, 0.1) is 17.7 Å². The number of nitrogens with zero attached hydrogens (tertiary/aromatic N) is 2. The van der Waals surface area contributed by atoms with E-state index in [9.17, 15) is 0 Å². The lowest BCUT2D eigenvalue weighted by Crippen LogP contribution is -2.23. The molecular formula is C10H15N3. The maximum absolute atomic E-state index is 8.79. The molecule has 0 spiro atoms. The summed E-state index contributed by atoms with van der Waals surface area (Å²) in [5, 5.41) is 8.79. The fraction of sp³-hybridized carbons (Fsp3) is 0.500. The highest BCUT2D eigenvalue weighted by atomic mass is 15.1. The molecule has 1 heterocycles. The predicted octanol–water partition coefficient (Wildman–Crippen LogP) is 2.00. The molecule has 0 radical (unpaired) electrons. The first-order valence-electron chi connectivity index (χ1n) is 4.51. The van der Waals surface area contributed by atoms with Crippen LogP contribution < -0.4 is 4.90 Å². The Morgan fingerprint density at radius 2 is 2.46 bits per heavy atom. The molecule has 0 amide bonds. The van der Waals surface area contributed by atoms with Gasteiger partial charge in [-0.1, -0.05) is 6.92 Å². The van der Waals surface area contributed by atoms with Crippen LogP contribution in [0.2, 0.25) is 0 Å². The second-order valence-electron chi connectivity index (χ2n) is 3.18. The monoisotopic (exact) mass is 177 g/mol.